The molecule has 2 aliphatic rings. The number of nitrogens with zero attached hydrogens (tertiary/aromatic N) is 4. The number of benzene rings is 1. The molecule has 0 unspecified atom stereocenters. The molecule has 0 atom stereocenters. The summed E-state index contributed by atoms with van der Waals surface area (Å²) in [4.78, 5) is 16.7. The van der Waals surface area contributed by atoms with Crippen molar-refractivity contribution in [3.8, 4) is 0 Å². The minimum Gasteiger partial charge on any atom is -0.321 e. The number of hydrogen-bond donors (Lipinski definition) is 1. The third-order valence-corrected chi connectivity index (χ3v) is 3.96. The van der Waals surface area contributed by atoms with E-state index < -0.39 is 0 Å². The highest BCUT2D eigenvalue weighted by Crippen LogP contribution is 2.19. The maximum atomic E-state index is 12.3. The fourth-order valence-electron chi connectivity index (χ4n) is 2.60. The normalized spacial score (nSPS) is 17.0. The van der Waals surface area contributed by atoms with Crippen LogP contribution in [0.4, 0.5) is 5.69 Å². The minimum absolute atomic E-state index is 0.183. The molecule has 6 heteroatoms. The van der Waals surface area contributed by atoms with Gasteiger partial charge in [0.15, 0.2) is 0 Å². The van der Waals surface area contributed by atoms with Crippen LogP contribution in [0.2, 0.25) is 0 Å². The van der Waals surface area contributed by atoms with Gasteiger partial charge in [-0.05, 0) is 24.6 Å². The van der Waals surface area contributed by atoms with Gasteiger partial charge < -0.3 is 9.88 Å². The first-order chi connectivity index (χ1) is 10.8. The number of anilines is 1. The Labute approximate surface area is 128 Å². The number of carbonyl (C=O) groups is 1. The smallest absolute Gasteiger partial charge is 0.275 e. The van der Waals surface area contributed by atoms with E-state index in [9.17, 15) is 4.79 Å². The highest BCUT2D eigenvalue weighted by molar-refractivity contribution is 6.02. The largest absolute Gasteiger partial charge is 0.321 e. The second kappa shape index (κ2) is 5.31. The molecule has 1 N–H and O–H groups in total. The average molecular weight is 295 g/mol. The molecule has 22 heavy (non-hydrogen) atoms. The lowest BCUT2D eigenvalue weighted by atomic mass is 10.3. The van der Waals surface area contributed by atoms with Crippen LogP contribution in [0.1, 0.15) is 22.7 Å². The number of carbonyl (C=O) groups excluding carboxylic acids is 1. The van der Waals surface area contributed by atoms with Crippen LogP contribution in [0.25, 0.3) is 6.08 Å². The third kappa shape index (κ3) is 2.37. The number of nitrogens with one attached hydrogen (secondary N) is 1. The van der Waals surface area contributed by atoms with Crippen molar-refractivity contribution < 1.29 is 4.79 Å². The van der Waals surface area contributed by atoms with Crippen molar-refractivity contribution in [1.82, 2.24) is 19.6 Å². The number of fused-ring (bicyclic) bond motifs is 1. The van der Waals surface area contributed by atoms with Crippen LogP contribution in [0.5, 0.6) is 0 Å². The molecule has 2 aromatic rings. The zero-order valence-corrected chi connectivity index (χ0v) is 12.1. The molecule has 2 aliphatic heterocycles. The van der Waals surface area contributed by atoms with Gasteiger partial charge in [-0.25, -0.2) is 9.99 Å². The van der Waals surface area contributed by atoms with Gasteiger partial charge in [0.05, 0.1) is 0 Å². The maximum Gasteiger partial charge on any atom is 0.275 e. The van der Waals surface area contributed by atoms with Gasteiger partial charge in [-0.1, -0.05) is 18.2 Å². The molecule has 0 spiro atoms. The van der Waals surface area contributed by atoms with Crippen LogP contribution < -0.4 is 5.32 Å². The van der Waals surface area contributed by atoms with Gasteiger partial charge in [0.2, 0.25) is 0 Å². The Balaban J connectivity index is 1.49. The SMILES string of the molecule is O=C(Nc1ccccc1)c1cn2c(n1)C=CN(N1CCC1)C2. The predicted octanol–water partition coefficient (Wildman–Crippen LogP) is 2.00. The highest BCUT2D eigenvalue weighted by atomic mass is 16.1. The zero-order chi connectivity index (χ0) is 14.9. The number of imidazole rings is 1. The second-order valence-corrected chi connectivity index (χ2v) is 5.48. The van der Waals surface area contributed by atoms with Crippen LogP contribution in [-0.2, 0) is 6.67 Å². The topological polar surface area (TPSA) is 53.4 Å². The van der Waals surface area contributed by atoms with Gasteiger partial charge in [0.1, 0.15) is 18.2 Å². The summed E-state index contributed by atoms with van der Waals surface area (Å²) in [5, 5.41) is 7.31. The molecular formula is C16H17N5O. The Kier molecular flexibility index (Phi) is 3.16. The molecule has 1 saturated heterocycles. The summed E-state index contributed by atoms with van der Waals surface area (Å²) in [6, 6.07) is 9.42. The Bertz CT molecular complexity index is 717. The summed E-state index contributed by atoms with van der Waals surface area (Å²) in [7, 11) is 0. The number of hydrazine groups is 1. The number of para-hydroxylation sites is 1. The van der Waals surface area contributed by atoms with Crippen LogP contribution >= 0.6 is 0 Å². The fraction of sp³-hybridized carbons (Fsp3) is 0.250. The van der Waals surface area contributed by atoms with E-state index in [1.54, 1.807) is 0 Å². The van der Waals surface area contributed by atoms with Gasteiger partial charge in [-0.15, -0.1) is 0 Å². The van der Waals surface area contributed by atoms with Crippen LogP contribution in [0, 0.1) is 0 Å². The summed E-state index contributed by atoms with van der Waals surface area (Å²) in [6.45, 7) is 2.89. The molecule has 1 aromatic heterocycles. The van der Waals surface area contributed by atoms with E-state index >= 15 is 0 Å². The Morgan fingerprint density at radius 3 is 2.73 bits per heavy atom. The van der Waals surface area contributed by atoms with Gasteiger partial charge in [-0.3, -0.25) is 9.80 Å². The van der Waals surface area contributed by atoms with Crippen molar-refractivity contribution in [2.24, 2.45) is 0 Å². The Morgan fingerprint density at radius 2 is 2.00 bits per heavy atom. The van der Waals surface area contributed by atoms with E-state index in [0.717, 1.165) is 24.6 Å². The Hall–Kier alpha value is -2.60. The summed E-state index contributed by atoms with van der Waals surface area (Å²) in [5.41, 5.74) is 1.21. The lowest BCUT2D eigenvalue weighted by molar-refractivity contribution is -0.0556. The number of rotatable bonds is 3. The molecule has 1 amide bonds. The van der Waals surface area contributed by atoms with Crippen molar-refractivity contribution in [1.29, 1.82) is 0 Å². The maximum absolute atomic E-state index is 12.3. The molecule has 0 aliphatic carbocycles. The van der Waals surface area contributed by atoms with Crippen molar-refractivity contribution in [3.05, 3.63) is 54.2 Å². The number of amides is 1. The van der Waals surface area contributed by atoms with Gasteiger partial charge in [0, 0.05) is 31.2 Å². The Morgan fingerprint density at radius 1 is 1.18 bits per heavy atom. The molecule has 1 fully saturated rings. The van der Waals surface area contributed by atoms with Crippen molar-refractivity contribution in [3.63, 3.8) is 0 Å². The lowest BCUT2D eigenvalue weighted by Crippen LogP contribution is -2.49. The first-order valence-corrected chi connectivity index (χ1v) is 7.43. The summed E-state index contributed by atoms with van der Waals surface area (Å²) in [5.74, 6) is 0.631. The van der Waals surface area contributed by atoms with E-state index in [0.29, 0.717) is 12.4 Å². The number of hydrogen-bond acceptors (Lipinski definition) is 4. The van der Waals surface area contributed by atoms with Crippen LogP contribution in [-0.4, -0.2) is 38.6 Å². The van der Waals surface area contributed by atoms with E-state index in [-0.39, 0.29) is 5.91 Å². The summed E-state index contributed by atoms with van der Waals surface area (Å²) < 4.78 is 2.00. The molecule has 0 saturated carbocycles. The molecule has 0 radical (unpaired) electrons. The van der Waals surface area contributed by atoms with Gasteiger partial charge >= 0.3 is 0 Å². The summed E-state index contributed by atoms with van der Waals surface area (Å²) in [6.07, 6.45) is 7.03. The molecule has 3 heterocycles. The van der Waals surface area contributed by atoms with Crippen molar-refractivity contribution in [2.45, 2.75) is 13.1 Å². The van der Waals surface area contributed by atoms with Gasteiger partial charge in [0.25, 0.3) is 5.91 Å². The predicted molar refractivity (Wildman–Crippen MR) is 83.7 cm³/mol. The molecular weight excluding hydrogens is 278 g/mol. The second-order valence-electron chi connectivity index (χ2n) is 5.48. The first-order valence-electron chi connectivity index (χ1n) is 7.43. The van der Waals surface area contributed by atoms with Crippen molar-refractivity contribution in [2.75, 3.05) is 18.4 Å². The van der Waals surface area contributed by atoms with Gasteiger partial charge in [-0.2, -0.15) is 0 Å². The summed E-state index contributed by atoms with van der Waals surface area (Å²) >= 11 is 0. The molecule has 0 bridgehead atoms. The van der Waals surface area contributed by atoms with E-state index in [1.165, 1.54) is 6.42 Å². The zero-order valence-electron chi connectivity index (χ0n) is 12.1. The first kappa shape index (κ1) is 13.1. The van der Waals surface area contributed by atoms with Crippen molar-refractivity contribution >= 4 is 17.7 Å². The van der Waals surface area contributed by atoms with E-state index in [1.807, 2.05) is 53.4 Å². The van der Waals surface area contributed by atoms with Crippen LogP contribution in [0.15, 0.2) is 42.7 Å². The molecule has 6 nitrogen and oxygen atoms in total. The van der Waals surface area contributed by atoms with Crippen LogP contribution in [0.3, 0.4) is 0 Å². The molecule has 1 aromatic carbocycles. The molecule has 112 valence electrons. The quantitative estimate of drug-likeness (QED) is 0.941. The highest BCUT2D eigenvalue weighted by Gasteiger charge is 2.23. The number of aromatic nitrogens is 2. The lowest BCUT2D eigenvalue weighted by Gasteiger charge is -2.41. The standard InChI is InChI=1S/C16H17N5O/c22-16(17-13-5-2-1-3-6-13)14-11-19-12-21(20-8-4-9-20)10-7-15(19)18-14/h1-3,5-7,10-11H,4,8-9,12H2,(H,17,22). The minimum atomic E-state index is -0.183. The third-order valence-electron chi connectivity index (χ3n) is 3.96. The van der Waals surface area contributed by atoms with E-state index in [2.05, 4.69) is 20.3 Å². The fourth-order valence-corrected chi connectivity index (χ4v) is 2.60. The van der Waals surface area contributed by atoms with E-state index in [4.69, 9.17) is 0 Å². The monoisotopic (exact) mass is 295 g/mol. The average Bonchev–Trinajstić information content (AvgIpc) is 2.90. The molecule has 4 rings (SSSR count).